The van der Waals surface area contributed by atoms with Gasteiger partial charge in [0, 0.05) is 30.8 Å². The summed E-state index contributed by atoms with van der Waals surface area (Å²) in [7, 11) is 1.69. The maximum absolute atomic E-state index is 9.74. The van der Waals surface area contributed by atoms with Crippen molar-refractivity contribution in [3.63, 3.8) is 0 Å². The minimum absolute atomic E-state index is 0.173. The van der Waals surface area contributed by atoms with Crippen LogP contribution in [-0.4, -0.2) is 35.4 Å². The fourth-order valence-corrected chi connectivity index (χ4v) is 3.24. The van der Waals surface area contributed by atoms with Gasteiger partial charge in [-0.25, -0.2) is 0 Å². The Labute approximate surface area is 168 Å². The lowest BCUT2D eigenvalue weighted by Crippen LogP contribution is -2.32. The summed E-state index contributed by atoms with van der Waals surface area (Å²) in [6.45, 7) is 8.08. The summed E-state index contributed by atoms with van der Waals surface area (Å²) in [5.41, 5.74) is 2.32. The van der Waals surface area contributed by atoms with E-state index in [0.717, 1.165) is 48.7 Å². The maximum atomic E-state index is 9.74. The standard InChI is InChI=1S/C24H29NO3/c1-5-21-17-25(16-20-14-22(27-4)10-11-23(20)28-21)15-19-8-6-18(7-9-19)12-13-24(2,3)26/h6-11,14,21,26H,5,15-17H2,1-4H3/t21-/m0/s1. The molecule has 0 fully saturated rings. The molecule has 0 spiro atoms. The first kappa shape index (κ1) is 20.3. The number of hydrogen-bond acceptors (Lipinski definition) is 4. The van der Waals surface area contributed by atoms with Gasteiger partial charge in [-0.3, -0.25) is 4.90 Å². The molecule has 0 amide bonds. The van der Waals surface area contributed by atoms with Crippen LogP contribution in [0.5, 0.6) is 11.5 Å². The van der Waals surface area contributed by atoms with E-state index >= 15 is 0 Å². The molecule has 2 aromatic carbocycles. The smallest absolute Gasteiger partial charge is 0.124 e. The Morgan fingerprint density at radius 2 is 1.96 bits per heavy atom. The van der Waals surface area contributed by atoms with Crippen LogP contribution in [0.2, 0.25) is 0 Å². The van der Waals surface area contributed by atoms with Gasteiger partial charge >= 0.3 is 0 Å². The van der Waals surface area contributed by atoms with Crippen LogP contribution in [0, 0.1) is 11.8 Å². The predicted molar refractivity (Wildman–Crippen MR) is 111 cm³/mol. The maximum Gasteiger partial charge on any atom is 0.124 e. The van der Waals surface area contributed by atoms with Gasteiger partial charge in [-0.1, -0.05) is 30.9 Å². The Balaban J connectivity index is 1.75. The van der Waals surface area contributed by atoms with Crippen molar-refractivity contribution in [2.75, 3.05) is 13.7 Å². The first-order valence-electron chi connectivity index (χ1n) is 9.76. The lowest BCUT2D eigenvalue weighted by molar-refractivity contribution is 0.139. The largest absolute Gasteiger partial charge is 0.497 e. The summed E-state index contributed by atoms with van der Waals surface area (Å²) in [4.78, 5) is 2.41. The molecular formula is C24H29NO3. The molecule has 0 saturated carbocycles. The summed E-state index contributed by atoms with van der Waals surface area (Å²) >= 11 is 0. The fraction of sp³-hybridized carbons (Fsp3) is 0.417. The van der Waals surface area contributed by atoms with E-state index in [-0.39, 0.29) is 6.10 Å². The van der Waals surface area contributed by atoms with Gasteiger partial charge in [0.05, 0.1) is 7.11 Å². The van der Waals surface area contributed by atoms with E-state index < -0.39 is 5.60 Å². The fourth-order valence-electron chi connectivity index (χ4n) is 3.24. The van der Waals surface area contributed by atoms with E-state index in [4.69, 9.17) is 9.47 Å². The van der Waals surface area contributed by atoms with Crippen LogP contribution < -0.4 is 9.47 Å². The van der Waals surface area contributed by atoms with Gasteiger partial charge in [0.1, 0.15) is 23.2 Å². The highest BCUT2D eigenvalue weighted by Crippen LogP contribution is 2.30. The second-order valence-electron chi connectivity index (χ2n) is 7.80. The molecule has 1 N–H and O–H groups in total. The van der Waals surface area contributed by atoms with Crippen molar-refractivity contribution >= 4 is 0 Å². The van der Waals surface area contributed by atoms with Gasteiger partial charge in [0.25, 0.3) is 0 Å². The molecule has 0 bridgehead atoms. The first-order chi connectivity index (χ1) is 13.4. The first-order valence-corrected chi connectivity index (χ1v) is 9.76. The second-order valence-corrected chi connectivity index (χ2v) is 7.80. The molecule has 4 nitrogen and oxygen atoms in total. The average Bonchev–Trinajstić information content (AvgIpc) is 2.84. The summed E-state index contributed by atoms with van der Waals surface area (Å²) in [6.07, 6.45) is 1.14. The number of benzene rings is 2. The summed E-state index contributed by atoms with van der Waals surface area (Å²) in [5, 5.41) is 9.74. The highest BCUT2D eigenvalue weighted by molar-refractivity contribution is 5.41. The Morgan fingerprint density at radius 1 is 1.21 bits per heavy atom. The number of methoxy groups -OCH3 is 1. The molecule has 0 unspecified atom stereocenters. The summed E-state index contributed by atoms with van der Waals surface area (Å²) in [6, 6.07) is 14.3. The molecular weight excluding hydrogens is 350 g/mol. The number of nitrogens with zero attached hydrogens (tertiary/aromatic N) is 1. The third kappa shape index (κ3) is 5.51. The quantitative estimate of drug-likeness (QED) is 0.816. The third-order valence-corrected chi connectivity index (χ3v) is 4.75. The molecule has 1 aliphatic heterocycles. The summed E-state index contributed by atoms with van der Waals surface area (Å²) in [5.74, 6) is 7.67. The number of rotatable bonds is 4. The zero-order valence-electron chi connectivity index (χ0n) is 17.2. The van der Waals surface area contributed by atoms with E-state index in [0.29, 0.717) is 0 Å². The summed E-state index contributed by atoms with van der Waals surface area (Å²) < 4.78 is 11.6. The monoisotopic (exact) mass is 379 g/mol. The van der Waals surface area contributed by atoms with Gasteiger partial charge in [0.2, 0.25) is 0 Å². The van der Waals surface area contributed by atoms with E-state index in [1.54, 1.807) is 21.0 Å². The highest BCUT2D eigenvalue weighted by Gasteiger charge is 2.22. The Bertz CT molecular complexity index is 856. The highest BCUT2D eigenvalue weighted by atomic mass is 16.5. The molecule has 3 rings (SSSR count). The van der Waals surface area contributed by atoms with E-state index in [9.17, 15) is 5.11 Å². The Kier molecular flexibility index (Phi) is 6.28. The van der Waals surface area contributed by atoms with Crippen LogP contribution in [-0.2, 0) is 13.1 Å². The van der Waals surface area contributed by atoms with Crippen molar-refractivity contribution < 1.29 is 14.6 Å². The van der Waals surface area contributed by atoms with E-state index in [1.165, 1.54) is 5.56 Å². The minimum atomic E-state index is -0.978. The van der Waals surface area contributed by atoms with Crippen LogP contribution in [0.25, 0.3) is 0 Å². The molecule has 2 aromatic rings. The number of aliphatic hydroxyl groups is 1. The molecule has 1 aliphatic rings. The molecule has 0 aromatic heterocycles. The number of fused-ring (bicyclic) bond motifs is 1. The van der Waals surface area contributed by atoms with Crippen LogP contribution in [0.1, 0.15) is 43.9 Å². The molecule has 28 heavy (non-hydrogen) atoms. The van der Waals surface area contributed by atoms with Gasteiger partial charge < -0.3 is 14.6 Å². The molecule has 0 saturated heterocycles. The number of hydrogen-bond donors (Lipinski definition) is 1. The lowest BCUT2D eigenvalue weighted by Gasteiger charge is -2.23. The van der Waals surface area contributed by atoms with Gasteiger partial charge in [-0.05, 0) is 56.2 Å². The average molecular weight is 380 g/mol. The Morgan fingerprint density at radius 3 is 2.61 bits per heavy atom. The van der Waals surface area contributed by atoms with Gasteiger partial charge in [-0.2, -0.15) is 0 Å². The van der Waals surface area contributed by atoms with E-state index in [2.05, 4.69) is 41.9 Å². The molecule has 148 valence electrons. The van der Waals surface area contributed by atoms with Crippen molar-refractivity contribution in [1.29, 1.82) is 0 Å². The van der Waals surface area contributed by atoms with Crippen molar-refractivity contribution in [1.82, 2.24) is 4.90 Å². The van der Waals surface area contributed by atoms with Crippen molar-refractivity contribution in [2.24, 2.45) is 0 Å². The number of ether oxygens (including phenoxy) is 2. The Hall–Kier alpha value is -2.48. The molecule has 1 heterocycles. The minimum Gasteiger partial charge on any atom is -0.497 e. The third-order valence-electron chi connectivity index (χ3n) is 4.75. The van der Waals surface area contributed by atoms with Crippen LogP contribution in [0.15, 0.2) is 42.5 Å². The van der Waals surface area contributed by atoms with Gasteiger partial charge in [0.15, 0.2) is 0 Å². The zero-order chi connectivity index (χ0) is 20.1. The lowest BCUT2D eigenvalue weighted by atomic mass is 10.1. The van der Waals surface area contributed by atoms with Crippen LogP contribution >= 0.6 is 0 Å². The van der Waals surface area contributed by atoms with Gasteiger partial charge in [-0.15, -0.1) is 0 Å². The van der Waals surface area contributed by atoms with E-state index in [1.807, 2.05) is 24.3 Å². The molecule has 0 radical (unpaired) electrons. The predicted octanol–water partition coefficient (Wildman–Crippen LogP) is 3.99. The SMILES string of the molecule is CC[C@H]1CN(Cc2ccc(C#CC(C)(C)O)cc2)Cc2cc(OC)ccc2O1. The van der Waals surface area contributed by atoms with Crippen molar-refractivity contribution in [2.45, 2.75) is 52.0 Å². The second kappa shape index (κ2) is 8.68. The van der Waals surface area contributed by atoms with Crippen molar-refractivity contribution in [3.05, 3.63) is 59.2 Å². The van der Waals surface area contributed by atoms with Crippen molar-refractivity contribution in [3.8, 4) is 23.3 Å². The zero-order valence-corrected chi connectivity index (χ0v) is 17.2. The molecule has 1 atom stereocenters. The van der Waals surface area contributed by atoms with Crippen LogP contribution in [0.3, 0.4) is 0 Å². The molecule has 0 aliphatic carbocycles. The normalized spacial score (nSPS) is 17.0. The van der Waals surface area contributed by atoms with Crippen LogP contribution in [0.4, 0.5) is 0 Å². The topological polar surface area (TPSA) is 41.9 Å². The molecule has 4 heteroatoms.